The summed E-state index contributed by atoms with van der Waals surface area (Å²) in [6, 6.07) is 0. The fourth-order valence-electron chi connectivity index (χ4n) is 7.48. The number of esters is 2. The molecular weight excluding hydrogens is 942 g/mol. The zero-order valence-electron chi connectivity index (χ0n) is 46.8. The van der Waals surface area contributed by atoms with Gasteiger partial charge in [-0.05, 0) is 116 Å². The third-order valence-electron chi connectivity index (χ3n) is 11.8. The van der Waals surface area contributed by atoms with Gasteiger partial charge in [0.15, 0.2) is 6.10 Å². The van der Waals surface area contributed by atoms with Crippen LogP contribution in [0.5, 0.6) is 0 Å². The fraction of sp³-hybridized carbons (Fsp3) is 0.625. The second-order valence-corrected chi connectivity index (χ2v) is 20.2. The topological polar surface area (TPSA) is 134 Å². The zero-order valence-corrected chi connectivity index (χ0v) is 47.7. The first-order valence-corrected chi connectivity index (χ1v) is 30.7. The predicted octanol–water partition coefficient (Wildman–Crippen LogP) is 18.6. The van der Waals surface area contributed by atoms with Crippen molar-refractivity contribution >= 4 is 19.8 Å². The molecular formula is C64H106NO8P. The highest BCUT2D eigenvalue weighted by atomic mass is 31.2. The minimum Gasteiger partial charge on any atom is -0.462 e. The molecule has 3 N–H and O–H groups in total. The summed E-state index contributed by atoms with van der Waals surface area (Å²) in [5.74, 6) is -0.862. The first kappa shape index (κ1) is 70.1. The third kappa shape index (κ3) is 57.4. The molecule has 0 aromatic rings. The highest BCUT2D eigenvalue weighted by Gasteiger charge is 2.26. The molecule has 10 heteroatoms. The van der Waals surface area contributed by atoms with Crippen LogP contribution in [0, 0.1) is 0 Å². The van der Waals surface area contributed by atoms with Gasteiger partial charge in [0.1, 0.15) is 6.61 Å². The lowest BCUT2D eigenvalue weighted by Crippen LogP contribution is -2.29. The Hall–Kier alpha value is -3.85. The largest absolute Gasteiger partial charge is 0.472 e. The Labute approximate surface area is 453 Å². The number of phosphoric ester groups is 1. The van der Waals surface area contributed by atoms with Crippen LogP contribution in [-0.2, 0) is 32.7 Å². The molecule has 0 fully saturated rings. The summed E-state index contributed by atoms with van der Waals surface area (Å²) in [5.41, 5.74) is 5.37. The van der Waals surface area contributed by atoms with Crippen LogP contribution in [0.15, 0.2) is 134 Å². The molecule has 0 aliphatic carbocycles. The van der Waals surface area contributed by atoms with Crippen molar-refractivity contribution < 1.29 is 37.6 Å². The summed E-state index contributed by atoms with van der Waals surface area (Å²) in [7, 11) is -4.40. The van der Waals surface area contributed by atoms with E-state index in [1.165, 1.54) is 51.4 Å². The number of ether oxygens (including phenoxy) is 2. The van der Waals surface area contributed by atoms with E-state index in [0.717, 1.165) is 135 Å². The molecule has 0 saturated heterocycles. The number of rotatable bonds is 53. The Kier molecular flexibility index (Phi) is 55.4. The van der Waals surface area contributed by atoms with Crippen molar-refractivity contribution in [3.63, 3.8) is 0 Å². The Balaban J connectivity index is 4.05. The Bertz CT molecular complexity index is 1670. The summed E-state index contributed by atoms with van der Waals surface area (Å²) in [6.45, 7) is 3.58. The van der Waals surface area contributed by atoms with Gasteiger partial charge in [0.2, 0.25) is 0 Å². The van der Waals surface area contributed by atoms with Gasteiger partial charge in [0.05, 0.1) is 13.2 Å². The van der Waals surface area contributed by atoms with Gasteiger partial charge < -0.3 is 20.1 Å². The van der Waals surface area contributed by atoms with Gasteiger partial charge in [-0.3, -0.25) is 18.6 Å². The molecule has 74 heavy (non-hydrogen) atoms. The second kappa shape index (κ2) is 58.4. The van der Waals surface area contributed by atoms with Crippen LogP contribution in [0.4, 0.5) is 0 Å². The Morgan fingerprint density at radius 1 is 0.419 bits per heavy atom. The van der Waals surface area contributed by atoms with Crippen LogP contribution in [0.2, 0.25) is 0 Å². The molecule has 0 aromatic carbocycles. The third-order valence-corrected chi connectivity index (χ3v) is 12.8. The molecule has 420 valence electrons. The molecule has 0 spiro atoms. The molecule has 9 nitrogen and oxygen atoms in total. The van der Waals surface area contributed by atoms with Gasteiger partial charge in [-0.25, -0.2) is 4.57 Å². The minimum absolute atomic E-state index is 0.0432. The maximum absolute atomic E-state index is 12.7. The number of phosphoric acid groups is 1. The molecule has 0 heterocycles. The van der Waals surface area contributed by atoms with E-state index in [9.17, 15) is 19.0 Å². The highest BCUT2D eigenvalue weighted by Crippen LogP contribution is 2.43. The summed E-state index contributed by atoms with van der Waals surface area (Å²) < 4.78 is 33.0. The summed E-state index contributed by atoms with van der Waals surface area (Å²) in [6.07, 6.45) is 82.2. The van der Waals surface area contributed by atoms with E-state index in [1.807, 2.05) is 0 Å². The molecule has 0 radical (unpaired) electrons. The van der Waals surface area contributed by atoms with E-state index in [0.29, 0.717) is 12.8 Å². The normalized spacial score (nSPS) is 14.1. The van der Waals surface area contributed by atoms with Crippen LogP contribution in [0.1, 0.15) is 226 Å². The van der Waals surface area contributed by atoms with Gasteiger partial charge in [0, 0.05) is 19.4 Å². The van der Waals surface area contributed by atoms with Crippen molar-refractivity contribution in [2.75, 3.05) is 26.4 Å². The first-order chi connectivity index (χ1) is 36.3. The number of carbonyl (C=O) groups excluding carboxylic acids is 2. The molecule has 2 atom stereocenters. The number of allylic oxidation sites excluding steroid dienone is 22. The number of nitrogens with two attached hydrogens (primary N) is 1. The first-order valence-electron chi connectivity index (χ1n) is 29.2. The van der Waals surface area contributed by atoms with E-state index in [-0.39, 0.29) is 32.6 Å². The summed E-state index contributed by atoms with van der Waals surface area (Å²) in [5, 5.41) is 0. The second-order valence-electron chi connectivity index (χ2n) is 18.8. The van der Waals surface area contributed by atoms with E-state index >= 15 is 0 Å². The molecule has 0 aromatic heterocycles. The van der Waals surface area contributed by atoms with Crippen molar-refractivity contribution in [1.82, 2.24) is 0 Å². The maximum atomic E-state index is 12.7. The number of unbranched alkanes of at least 4 members (excludes halogenated alkanes) is 18. The van der Waals surface area contributed by atoms with Gasteiger partial charge in [-0.1, -0.05) is 231 Å². The molecule has 2 unspecified atom stereocenters. The van der Waals surface area contributed by atoms with Gasteiger partial charge in [-0.2, -0.15) is 0 Å². The Morgan fingerprint density at radius 3 is 1.12 bits per heavy atom. The van der Waals surface area contributed by atoms with Gasteiger partial charge in [-0.15, -0.1) is 0 Å². The van der Waals surface area contributed by atoms with Crippen LogP contribution in [-0.4, -0.2) is 49.3 Å². The van der Waals surface area contributed by atoms with Crippen LogP contribution >= 0.6 is 7.82 Å². The molecule has 0 aliphatic heterocycles. The van der Waals surface area contributed by atoms with Crippen molar-refractivity contribution in [3.8, 4) is 0 Å². The molecule has 0 bridgehead atoms. The van der Waals surface area contributed by atoms with E-state index in [2.05, 4.69) is 148 Å². The van der Waals surface area contributed by atoms with Crippen LogP contribution < -0.4 is 5.73 Å². The smallest absolute Gasteiger partial charge is 0.462 e. The monoisotopic (exact) mass is 1050 g/mol. The zero-order chi connectivity index (χ0) is 53.8. The number of carbonyl (C=O) groups is 2. The fourth-order valence-corrected chi connectivity index (χ4v) is 8.25. The standard InChI is InChI=1S/C64H106NO8P/c1-3-5-7-9-11-13-15-17-19-21-22-23-24-25-26-27-28-29-30-31-32-33-34-35-36-37-38-39-40-41-43-45-47-49-51-53-55-57-64(67)73-62(61-72-74(68,69)71-59-58-65)60-70-63(66)56-54-52-50-48-46-44-42-20-18-16-14-12-10-8-6-4-2/h5,7,11,13,17,19-20,22-23,25-26,28-29,31-32,34-35,37-38,40-42,62H,3-4,6,8-10,12,14-16,18,21,24,27,30,33,36,39,43-61,65H2,1-2H3,(H,68,69)/b7-5-,13-11-,19-17-,23-22-,26-25-,29-28-,32-31-,35-34-,38-37-,41-40-,42-20-. The van der Waals surface area contributed by atoms with Crippen molar-refractivity contribution in [2.45, 2.75) is 232 Å². The van der Waals surface area contributed by atoms with Crippen LogP contribution in [0.3, 0.4) is 0 Å². The highest BCUT2D eigenvalue weighted by molar-refractivity contribution is 7.47. The van der Waals surface area contributed by atoms with Crippen LogP contribution in [0.25, 0.3) is 0 Å². The lowest BCUT2D eigenvalue weighted by molar-refractivity contribution is -0.161. The number of hydrogen-bond acceptors (Lipinski definition) is 8. The molecule has 0 rings (SSSR count). The molecule has 0 amide bonds. The lowest BCUT2D eigenvalue weighted by Gasteiger charge is -2.19. The quantitative estimate of drug-likeness (QED) is 0.0264. The minimum atomic E-state index is -4.40. The Morgan fingerprint density at radius 2 is 0.743 bits per heavy atom. The molecule has 0 aliphatic rings. The van der Waals surface area contributed by atoms with E-state index in [4.69, 9.17) is 24.3 Å². The SMILES string of the molecule is CC/C=C\C/C=C\C/C=C\C/C=C\C/C=C\C/C=C\C/C=C\C/C=C\C/C=C\C/C=C\CCCCCCCCC(=O)OC(COC(=O)CCCCCCC/C=C\CCCCCCCCC)COP(=O)(O)OCCN. The average Bonchev–Trinajstić information content (AvgIpc) is 3.39. The molecule has 0 saturated carbocycles. The predicted molar refractivity (Wildman–Crippen MR) is 316 cm³/mol. The van der Waals surface area contributed by atoms with E-state index < -0.39 is 32.5 Å². The summed E-state index contributed by atoms with van der Waals surface area (Å²) >= 11 is 0. The average molecular weight is 1050 g/mol. The number of hydrogen-bond donors (Lipinski definition) is 2. The van der Waals surface area contributed by atoms with Crippen molar-refractivity contribution in [1.29, 1.82) is 0 Å². The van der Waals surface area contributed by atoms with E-state index in [1.54, 1.807) is 0 Å². The summed E-state index contributed by atoms with van der Waals surface area (Å²) in [4.78, 5) is 35.1. The van der Waals surface area contributed by atoms with Crippen molar-refractivity contribution in [2.24, 2.45) is 5.73 Å². The van der Waals surface area contributed by atoms with Gasteiger partial charge in [0.25, 0.3) is 0 Å². The lowest BCUT2D eigenvalue weighted by atomic mass is 10.1. The van der Waals surface area contributed by atoms with Gasteiger partial charge >= 0.3 is 19.8 Å². The van der Waals surface area contributed by atoms with Crippen molar-refractivity contribution in [3.05, 3.63) is 134 Å². The maximum Gasteiger partial charge on any atom is 0.472 e.